The Morgan fingerprint density at radius 3 is 2.12 bits per heavy atom. The Bertz CT molecular complexity index is 1330. The summed E-state index contributed by atoms with van der Waals surface area (Å²) >= 11 is 24.3. The Kier molecular flexibility index (Phi) is 6.63. The zero-order chi connectivity index (χ0) is 23.7. The summed E-state index contributed by atoms with van der Waals surface area (Å²) in [4.78, 5) is 39.1. The minimum Gasteiger partial charge on any atom is -0.350 e. The first-order valence-corrected chi connectivity index (χ1v) is 10.9. The van der Waals surface area contributed by atoms with Crippen molar-refractivity contribution in [2.75, 3.05) is 15.5 Å². The summed E-state index contributed by atoms with van der Waals surface area (Å²) in [6.07, 6.45) is 0. The summed E-state index contributed by atoms with van der Waals surface area (Å²) in [5.41, 5.74) is 1.24. The summed E-state index contributed by atoms with van der Waals surface area (Å²) < 4.78 is 0. The molecule has 6 nitrogen and oxygen atoms in total. The second-order valence-corrected chi connectivity index (χ2v) is 8.48. The van der Waals surface area contributed by atoms with E-state index < -0.39 is 11.8 Å². The molecule has 0 saturated heterocycles. The zero-order valence-electron chi connectivity index (χ0n) is 16.5. The number of hydrogen-bond acceptors (Lipinski definition) is 4. The van der Waals surface area contributed by atoms with Gasteiger partial charge in [-0.05, 0) is 42.5 Å². The van der Waals surface area contributed by atoms with Crippen molar-refractivity contribution in [2.24, 2.45) is 0 Å². The minimum absolute atomic E-state index is 0.0482. The number of hydrogen-bond donors (Lipinski definition) is 2. The molecule has 1 aliphatic rings. The lowest BCUT2D eigenvalue weighted by molar-refractivity contribution is -0.120. The van der Waals surface area contributed by atoms with Gasteiger partial charge in [0.05, 0.1) is 20.8 Å². The molecule has 0 fully saturated rings. The van der Waals surface area contributed by atoms with Gasteiger partial charge in [0.2, 0.25) is 0 Å². The van der Waals surface area contributed by atoms with E-state index in [-0.39, 0.29) is 37.4 Å². The molecular formula is C23H13Cl4N3O3. The van der Waals surface area contributed by atoms with Gasteiger partial charge in [0, 0.05) is 16.9 Å². The second kappa shape index (κ2) is 9.45. The van der Waals surface area contributed by atoms with Crippen LogP contribution >= 0.6 is 46.4 Å². The molecule has 0 aliphatic carbocycles. The van der Waals surface area contributed by atoms with Crippen LogP contribution in [-0.4, -0.2) is 17.7 Å². The smallest absolute Gasteiger partial charge is 0.283 e. The Balaban J connectivity index is 1.58. The van der Waals surface area contributed by atoms with E-state index in [1.165, 1.54) is 18.2 Å². The standard InChI is InChI=1S/C23H13Cl4N3O3/c24-15-10-17(26)18(11-16(15)25)30-22(32)19(27)20(23(30)33)28-14-8-4-5-12(9-14)21(31)29-13-6-2-1-3-7-13/h1-11,28H,(H,29,31). The molecule has 1 aliphatic heterocycles. The largest absolute Gasteiger partial charge is 0.350 e. The van der Waals surface area contributed by atoms with Gasteiger partial charge in [-0.15, -0.1) is 0 Å². The molecule has 3 aromatic carbocycles. The van der Waals surface area contributed by atoms with E-state index in [0.717, 1.165) is 4.90 Å². The van der Waals surface area contributed by atoms with Crippen LogP contribution in [0, 0.1) is 0 Å². The van der Waals surface area contributed by atoms with E-state index in [1.807, 2.05) is 6.07 Å². The monoisotopic (exact) mass is 519 g/mol. The normalized spacial score (nSPS) is 13.5. The highest BCUT2D eigenvalue weighted by Crippen LogP contribution is 2.38. The first-order valence-electron chi connectivity index (χ1n) is 9.43. The van der Waals surface area contributed by atoms with Gasteiger partial charge in [-0.25, -0.2) is 4.90 Å². The third-order valence-corrected chi connectivity index (χ3v) is 6.06. The molecule has 0 spiro atoms. The molecule has 0 aromatic heterocycles. The van der Waals surface area contributed by atoms with E-state index in [4.69, 9.17) is 46.4 Å². The van der Waals surface area contributed by atoms with Crippen molar-refractivity contribution in [1.82, 2.24) is 0 Å². The van der Waals surface area contributed by atoms with Crippen molar-refractivity contribution >= 4 is 81.2 Å². The van der Waals surface area contributed by atoms with Crippen LogP contribution in [0.25, 0.3) is 0 Å². The maximum Gasteiger partial charge on any atom is 0.283 e. The van der Waals surface area contributed by atoms with Gasteiger partial charge in [-0.3, -0.25) is 14.4 Å². The molecule has 1 heterocycles. The topological polar surface area (TPSA) is 78.5 Å². The van der Waals surface area contributed by atoms with Gasteiger partial charge < -0.3 is 10.6 Å². The molecule has 0 saturated carbocycles. The number of carbonyl (C=O) groups is 3. The zero-order valence-corrected chi connectivity index (χ0v) is 19.6. The number of imide groups is 1. The number of para-hydroxylation sites is 1. The highest BCUT2D eigenvalue weighted by atomic mass is 35.5. The number of benzene rings is 3. The molecule has 10 heteroatoms. The van der Waals surface area contributed by atoms with Crippen LogP contribution in [0.15, 0.2) is 77.5 Å². The van der Waals surface area contributed by atoms with Crippen LogP contribution < -0.4 is 15.5 Å². The van der Waals surface area contributed by atoms with Crippen LogP contribution in [0.5, 0.6) is 0 Å². The van der Waals surface area contributed by atoms with Crippen LogP contribution in [0.2, 0.25) is 15.1 Å². The number of anilines is 3. The molecule has 3 amide bonds. The van der Waals surface area contributed by atoms with Crippen LogP contribution in [0.1, 0.15) is 10.4 Å². The Hall–Kier alpha value is -3.03. The predicted molar refractivity (Wildman–Crippen MR) is 131 cm³/mol. The predicted octanol–water partition coefficient (Wildman–Crippen LogP) is 6.33. The van der Waals surface area contributed by atoms with Crippen LogP contribution in [0.4, 0.5) is 17.1 Å². The van der Waals surface area contributed by atoms with Gasteiger partial charge in [0.1, 0.15) is 10.7 Å². The fourth-order valence-electron chi connectivity index (χ4n) is 3.12. The summed E-state index contributed by atoms with van der Waals surface area (Å²) in [5.74, 6) is -1.85. The van der Waals surface area contributed by atoms with E-state index >= 15 is 0 Å². The maximum atomic E-state index is 13.0. The molecule has 4 rings (SSSR count). The van der Waals surface area contributed by atoms with Gasteiger partial charge >= 0.3 is 0 Å². The van der Waals surface area contributed by atoms with Crippen molar-refractivity contribution in [3.8, 4) is 0 Å². The van der Waals surface area contributed by atoms with Gasteiger partial charge in [0.15, 0.2) is 0 Å². The van der Waals surface area contributed by atoms with Crippen molar-refractivity contribution in [3.05, 3.63) is 98.1 Å². The van der Waals surface area contributed by atoms with Crippen molar-refractivity contribution in [1.29, 1.82) is 0 Å². The number of nitrogens with zero attached hydrogens (tertiary/aromatic N) is 1. The summed E-state index contributed by atoms with van der Waals surface area (Å²) in [5, 5.41) is 5.62. The Morgan fingerprint density at radius 1 is 0.727 bits per heavy atom. The number of carbonyl (C=O) groups excluding carboxylic acids is 3. The molecule has 0 atom stereocenters. The second-order valence-electron chi connectivity index (χ2n) is 6.88. The lowest BCUT2D eigenvalue weighted by Crippen LogP contribution is -2.32. The molecule has 0 radical (unpaired) electrons. The van der Waals surface area contributed by atoms with E-state index in [2.05, 4.69) is 10.6 Å². The first kappa shape index (κ1) is 23.1. The van der Waals surface area contributed by atoms with Gasteiger partial charge in [-0.1, -0.05) is 70.7 Å². The molecule has 166 valence electrons. The molecule has 0 unspecified atom stereocenters. The quantitative estimate of drug-likeness (QED) is 0.304. The summed E-state index contributed by atoms with van der Waals surface area (Å²) in [7, 11) is 0. The maximum absolute atomic E-state index is 13.0. The highest BCUT2D eigenvalue weighted by molar-refractivity contribution is 6.54. The van der Waals surface area contributed by atoms with Gasteiger partial charge in [0.25, 0.3) is 17.7 Å². The molecule has 0 bridgehead atoms. The first-order chi connectivity index (χ1) is 15.8. The summed E-state index contributed by atoms with van der Waals surface area (Å²) in [6, 6.07) is 18.0. The van der Waals surface area contributed by atoms with Gasteiger partial charge in [-0.2, -0.15) is 0 Å². The lowest BCUT2D eigenvalue weighted by atomic mass is 10.1. The molecule has 2 N–H and O–H groups in total. The number of halogens is 4. The van der Waals surface area contributed by atoms with Crippen molar-refractivity contribution in [3.63, 3.8) is 0 Å². The SMILES string of the molecule is O=C(Nc1ccccc1)c1cccc(NC2=C(Cl)C(=O)N(c3cc(Cl)c(Cl)cc3Cl)C2=O)c1. The highest BCUT2D eigenvalue weighted by Gasteiger charge is 2.40. The molecular weight excluding hydrogens is 508 g/mol. The fraction of sp³-hybridized carbons (Fsp3) is 0. The van der Waals surface area contributed by atoms with E-state index in [9.17, 15) is 14.4 Å². The fourth-order valence-corrected chi connectivity index (χ4v) is 3.96. The third-order valence-electron chi connectivity index (χ3n) is 4.68. The van der Waals surface area contributed by atoms with E-state index in [1.54, 1.807) is 42.5 Å². The van der Waals surface area contributed by atoms with Crippen LogP contribution in [0.3, 0.4) is 0 Å². The van der Waals surface area contributed by atoms with E-state index in [0.29, 0.717) is 16.9 Å². The van der Waals surface area contributed by atoms with Crippen LogP contribution in [-0.2, 0) is 9.59 Å². The summed E-state index contributed by atoms with van der Waals surface area (Å²) in [6.45, 7) is 0. The minimum atomic E-state index is -0.776. The molecule has 3 aromatic rings. The molecule has 33 heavy (non-hydrogen) atoms. The average Bonchev–Trinajstić information content (AvgIpc) is 3.00. The third kappa shape index (κ3) is 4.70. The number of amides is 3. The number of rotatable bonds is 5. The lowest BCUT2D eigenvalue weighted by Gasteiger charge is -2.17. The average molecular weight is 521 g/mol. The van der Waals surface area contributed by atoms with Crippen molar-refractivity contribution in [2.45, 2.75) is 0 Å². The Morgan fingerprint density at radius 2 is 1.39 bits per heavy atom. The van der Waals surface area contributed by atoms with Crippen molar-refractivity contribution < 1.29 is 14.4 Å². The Labute approximate surface area is 208 Å². The number of nitrogens with one attached hydrogen (secondary N) is 2.